The highest BCUT2D eigenvalue weighted by molar-refractivity contribution is 5.81. The lowest BCUT2D eigenvalue weighted by Gasteiger charge is -2.16. The summed E-state index contributed by atoms with van der Waals surface area (Å²) in [7, 11) is 0. The van der Waals surface area contributed by atoms with E-state index in [0.717, 1.165) is 25.7 Å². The zero-order chi connectivity index (χ0) is 12.7. The van der Waals surface area contributed by atoms with Gasteiger partial charge in [0.1, 0.15) is 0 Å². The van der Waals surface area contributed by atoms with Gasteiger partial charge < -0.3 is 16.4 Å². The molecule has 0 radical (unpaired) electrons. The maximum Gasteiger partial charge on any atom is 0.223 e. The second kappa shape index (κ2) is 7.27. The highest BCUT2D eigenvalue weighted by atomic mass is 16.2. The molecule has 4 N–H and O–H groups in total. The number of hydrogen-bond donors (Lipinski definition) is 3. The lowest BCUT2D eigenvalue weighted by Crippen LogP contribution is -2.40. The van der Waals surface area contributed by atoms with Crippen LogP contribution < -0.4 is 16.4 Å². The number of hydrogen-bond acceptors (Lipinski definition) is 3. The van der Waals surface area contributed by atoms with Crippen LogP contribution in [-0.2, 0) is 9.59 Å². The van der Waals surface area contributed by atoms with Crippen LogP contribution in [0.4, 0.5) is 0 Å². The van der Waals surface area contributed by atoms with Gasteiger partial charge in [0.25, 0.3) is 0 Å². The average molecular weight is 241 g/mol. The Morgan fingerprint density at radius 1 is 1.35 bits per heavy atom. The normalized spacial score (nSPS) is 17.8. The van der Waals surface area contributed by atoms with E-state index < -0.39 is 0 Å². The fourth-order valence-electron chi connectivity index (χ4n) is 2.16. The first kappa shape index (κ1) is 14.0. The van der Waals surface area contributed by atoms with Gasteiger partial charge in [-0.3, -0.25) is 9.59 Å². The Kier molecular flexibility index (Phi) is 5.97. The van der Waals surface area contributed by atoms with E-state index in [-0.39, 0.29) is 23.8 Å². The minimum atomic E-state index is -0.110. The molecule has 0 aromatic carbocycles. The molecule has 1 saturated carbocycles. The average Bonchev–Trinajstić information content (AvgIpc) is 2.79. The maximum absolute atomic E-state index is 11.8. The van der Waals surface area contributed by atoms with Crippen molar-refractivity contribution in [1.82, 2.24) is 10.6 Å². The van der Waals surface area contributed by atoms with Gasteiger partial charge in [-0.15, -0.1) is 0 Å². The molecule has 0 aromatic heterocycles. The third-order valence-corrected chi connectivity index (χ3v) is 3.07. The number of nitrogens with one attached hydrogen (secondary N) is 2. The van der Waals surface area contributed by atoms with E-state index in [1.165, 1.54) is 0 Å². The van der Waals surface area contributed by atoms with E-state index in [0.29, 0.717) is 19.5 Å². The van der Waals surface area contributed by atoms with Gasteiger partial charge in [0, 0.05) is 31.5 Å². The zero-order valence-corrected chi connectivity index (χ0v) is 10.5. The summed E-state index contributed by atoms with van der Waals surface area (Å²) < 4.78 is 0. The van der Waals surface area contributed by atoms with Crippen molar-refractivity contribution >= 4 is 11.8 Å². The topological polar surface area (TPSA) is 84.2 Å². The zero-order valence-electron chi connectivity index (χ0n) is 10.5. The smallest absolute Gasteiger partial charge is 0.223 e. The summed E-state index contributed by atoms with van der Waals surface area (Å²) in [5.41, 5.74) is 5.29. The minimum Gasteiger partial charge on any atom is -0.355 e. The predicted octanol–water partition coefficient (Wildman–Crippen LogP) is 0.146. The number of nitrogens with two attached hydrogens (primary N) is 1. The number of amides is 2. The summed E-state index contributed by atoms with van der Waals surface area (Å²) >= 11 is 0. The maximum atomic E-state index is 11.8. The van der Waals surface area contributed by atoms with Crippen LogP contribution >= 0.6 is 0 Å². The van der Waals surface area contributed by atoms with Crippen molar-refractivity contribution in [2.75, 3.05) is 13.1 Å². The summed E-state index contributed by atoms with van der Waals surface area (Å²) in [6.07, 6.45) is 4.57. The lowest BCUT2D eigenvalue weighted by atomic mass is 10.1. The predicted molar refractivity (Wildman–Crippen MR) is 66.2 cm³/mol. The van der Waals surface area contributed by atoms with Crippen LogP contribution in [0.3, 0.4) is 0 Å². The largest absolute Gasteiger partial charge is 0.355 e. The van der Waals surface area contributed by atoms with Crippen LogP contribution in [-0.4, -0.2) is 30.9 Å². The molecule has 1 atom stereocenters. The summed E-state index contributed by atoms with van der Waals surface area (Å²) in [5.74, 6) is 0.195. The summed E-state index contributed by atoms with van der Waals surface area (Å²) in [5, 5.41) is 5.59. The minimum absolute atomic E-state index is 0.0605. The molecule has 1 aliphatic carbocycles. The van der Waals surface area contributed by atoms with E-state index in [9.17, 15) is 9.59 Å². The van der Waals surface area contributed by atoms with Crippen LogP contribution in [0, 0.1) is 5.92 Å². The van der Waals surface area contributed by atoms with Crippen molar-refractivity contribution in [3.8, 4) is 0 Å². The van der Waals surface area contributed by atoms with Crippen molar-refractivity contribution in [1.29, 1.82) is 0 Å². The van der Waals surface area contributed by atoms with E-state index in [4.69, 9.17) is 5.73 Å². The molecule has 0 spiro atoms. The Morgan fingerprint density at radius 2 is 2.00 bits per heavy atom. The molecule has 0 bridgehead atoms. The highest BCUT2D eigenvalue weighted by Gasteiger charge is 2.23. The first-order valence-corrected chi connectivity index (χ1v) is 6.40. The Bertz CT molecular complexity index is 262. The molecular weight excluding hydrogens is 218 g/mol. The van der Waals surface area contributed by atoms with Gasteiger partial charge in [-0.2, -0.15) is 0 Å². The molecule has 98 valence electrons. The molecule has 0 aromatic rings. The van der Waals surface area contributed by atoms with E-state index in [1.807, 2.05) is 6.92 Å². The van der Waals surface area contributed by atoms with E-state index in [1.54, 1.807) is 0 Å². The summed E-state index contributed by atoms with van der Waals surface area (Å²) in [6, 6.07) is -0.110. The molecule has 1 fully saturated rings. The van der Waals surface area contributed by atoms with Crippen LogP contribution in [0.5, 0.6) is 0 Å². The Morgan fingerprint density at radius 3 is 2.59 bits per heavy atom. The molecule has 1 unspecified atom stereocenters. The first-order chi connectivity index (χ1) is 8.13. The standard InChI is InChI=1S/C12H23N3O2/c1-9(8-11(16)14-7-6-13)15-12(17)10-4-2-3-5-10/h9-10H,2-8,13H2,1H3,(H,14,16)(H,15,17). The Labute approximate surface area is 103 Å². The van der Waals surface area contributed by atoms with Gasteiger partial charge >= 0.3 is 0 Å². The van der Waals surface area contributed by atoms with Crippen molar-refractivity contribution < 1.29 is 9.59 Å². The quantitative estimate of drug-likeness (QED) is 0.618. The summed E-state index contributed by atoms with van der Waals surface area (Å²) in [6.45, 7) is 2.78. The second-order valence-electron chi connectivity index (χ2n) is 4.73. The Balaban J connectivity index is 2.21. The monoisotopic (exact) mass is 241 g/mol. The molecule has 1 aliphatic rings. The van der Waals surface area contributed by atoms with Crippen molar-refractivity contribution in [2.24, 2.45) is 11.7 Å². The molecule has 5 heteroatoms. The van der Waals surface area contributed by atoms with Gasteiger partial charge in [-0.05, 0) is 19.8 Å². The lowest BCUT2D eigenvalue weighted by molar-refractivity contribution is -0.126. The third-order valence-electron chi connectivity index (χ3n) is 3.07. The number of carbonyl (C=O) groups is 2. The molecule has 2 amide bonds. The van der Waals surface area contributed by atoms with Gasteiger partial charge in [0.2, 0.25) is 11.8 Å². The SMILES string of the molecule is CC(CC(=O)NCCN)NC(=O)C1CCCC1. The van der Waals surface area contributed by atoms with Crippen molar-refractivity contribution in [3.63, 3.8) is 0 Å². The molecule has 1 rings (SSSR count). The van der Waals surface area contributed by atoms with Crippen LogP contribution in [0.25, 0.3) is 0 Å². The summed E-state index contributed by atoms with van der Waals surface area (Å²) in [4.78, 5) is 23.2. The molecule has 17 heavy (non-hydrogen) atoms. The van der Waals surface area contributed by atoms with Gasteiger partial charge in [0.15, 0.2) is 0 Å². The third kappa shape index (κ3) is 5.17. The number of carbonyl (C=O) groups excluding carboxylic acids is 2. The van der Waals surface area contributed by atoms with Gasteiger partial charge in [-0.25, -0.2) is 0 Å². The molecule has 5 nitrogen and oxygen atoms in total. The van der Waals surface area contributed by atoms with Crippen LogP contribution in [0.15, 0.2) is 0 Å². The second-order valence-corrected chi connectivity index (χ2v) is 4.73. The Hall–Kier alpha value is -1.10. The molecule has 0 aliphatic heterocycles. The number of rotatable bonds is 6. The highest BCUT2D eigenvalue weighted by Crippen LogP contribution is 2.24. The van der Waals surface area contributed by atoms with Crippen molar-refractivity contribution in [3.05, 3.63) is 0 Å². The molecule has 0 heterocycles. The van der Waals surface area contributed by atoms with Crippen LogP contribution in [0.2, 0.25) is 0 Å². The first-order valence-electron chi connectivity index (χ1n) is 6.40. The fraction of sp³-hybridized carbons (Fsp3) is 0.833. The van der Waals surface area contributed by atoms with E-state index >= 15 is 0 Å². The van der Waals surface area contributed by atoms with E-state index in [2.05, 4.69) is 10.6 Å². The molecule has 0 saturated heterocycles. The van der Waals surface area contributed by atoms with Gasteiger partial charge in [-0.1, -0.05) is 12.8 Å². The van der Waals surface area contributed by atoms with Crippen molar-refractivity contribution in [2.45, 2.75) is 45.1 Å². The molecular formula is C12H23N3O2. The van der Waals surface area contributed by atoms with Gasteiger partial charge in [0.05, 0.1) is 0 Å². The fourth-order valence-corrected chi connectivity index (χ4v) is 2.16. The van der Waals surface area contributed by atoms with Crippen LogP contribution in [0.1, 0.15) is 39.0 Å².